The number of nitrogens with two attached hydrogens (primary N) is 1. The van der Waals surface area contributed by atoms with Crippen molar-refractivity contribution in [1.82, 2.24) is 15.6 Å². The molecule has 0 spiro atoms. The van der Waals surface area contributed by atoms with Gasteiger partial charge in [0, 0.05) is 5.56 Å². The Labute approximate surface area is 153 Å². The summed E-state index contributed by atoms with van der Waals surface area (Å²) in [4.78, 5) is 28.8. The predicted molar refractivity (Wildman–Crippen MR) is 98.9 cm³/mol. The van der Waals surface area contributed by atoms with Gasteiger partial charge in [0.15, 0.2) is 0 Å². The molecule has 2 amide bonds. The first kappa shape index (κ1) is 19.7. The number of oxazole rings is 1. The van der Waals surface area contributed by atoms with Crippen LogP contribution in [0.3, 0.4) is 0 Å². The second-order valence-corrected chi connectivity index (χ2v) is 6.69. The number of aromatic nitrogens is 1. The molecule has 0 aliphatic heterocycles. The summed E-state index contributed by atoms with van der Waals surface area (Å²) in [6, 6.07) is 7.84. The monoisotopic (exact) mass is 358 g/mol. The molecule has 0 saturated heterocycles. The Balaban J connectivity index is 2.05. The van der Waals surface area contributed by atoms with Crippen molar-refractivity contribution in [2.24, 2.45) is 11.7 Å². The van der Waals surface area contributed by atoms with Crippen molar-refractivity contribution >= 4 is 11.8 Å². The highest BCUT2D eigenvalue weighted by atomic mass is 16.3. The largest absolute Gasteiger partial charge is 0.446 e. The van der Waals surface area contributed by atoms with Crippen LogP contribution in [-0.2, 0) is 9.59 Å². The van der Waals surface area contributed by atoms with Crippen molar-refractivity contribution < 1.29 is 14.0 Å². The van der Waals surface area contributed by atoms with E-state index in [0.29, 0.717) is 11.6 Å². The van der Waals surface area contributed by atoms with Crippen LogP contribution < -0.4 is 16.4 Å². The zero-order valence-corrected chi connectivity index (χ0v) is 15.5. The fourth-order valence-electron chi connectivity index (χ4n) is 2.41. The number of nitrogens with one attached hydrogen (secondary N) is 2. The van der Waals surface area contributed by atoms with Gasteiger partial charge in [-0.25, -0.2) is 4.98 Å². The third-order valence-corrected chi connectivity index (χ3v) is 3.98. The van der Waals surface area contributed by atoms with Crippen molar-refractivity contribution in [3.05, 3.63) is 42.5 Å². The predicted octanol–water partition coefficient (Wildman–Crippen LogP) is 2.01. The molecule has 0 fully saturated rings. The summed E-state index contributed by atoms with van der Waals surface area (Å²) >= 11 is 0. The van der Waals surface area contributed by atoms with Gasteiger partial charge in [-0.05, 0) is 19.8 Å². The van der Waals surface area contributed by atoms with Crippen LogP contribution in [-0.4, -0.2) is 28.9 Å². The maximum absolute atomic E-state index is 12.6. The molecule has 2 aromatic rings. The van der Waals surface area contributed by atoms with Crippen molar-refractivity contribution in [1.29, 1.82) is 0 Å². The summed E-state index contributed by atoms with van der Waals surface area (Å²) in [6.45, 7) is 7.07. The minimum atomic E-state index is -0.681. The second-order valence-electron chi connectivity index (χ2n) is 6.69. The van der Waals surface area contributed by atoms with Gasteiger partial charge in [-0.2, -0.15) is 0 Å². The lowest BCUT2D eigenvalue weighted by molar-refractivity contribution is -0.131. The van der Waals surface area contributed by atoms with Gasteiger partial charge in [-0.1, -0.05) is 44.2 Å². The quantitative estimate of drug-likeness (QED) is 0.701. The smallest absolute Gasteiger partial charge is 0.243 e. The molecule has 1 aromatic carbocycles. The van der Waals surface area contributed by atoms with Gasteiger partial charge in [-0.3, -0.25) is 9.59 Å². The number of carbonyl (C=O) groups is 2. The summed E-state index contributed by atoms with van der Waals surface area (Å²) in [7, 11) is 0. The van der Waals surface area contributed by atoms with Crippen molar-refractivity contribution in [3.63, 3.8) is 0 Å². The van der Waals surface area contributed by atoms with Crippen LogP contribution >= 0.6 is 0 Å². The van der Waals surface area contributed by atoms with Crippen LogP contribution in [0.5, 0.6) is 0 Å². The first-order valence-electron chi connectivity index (χ1n) is 8.66. The Kier molecular flexibility index (Phi) is 6.52. The molecule has 0 saturated carbocycles. The van der Waals surface area contributed by atoms with Crippen LogP contribution in [0, 0.1) is 5.92 Å². The normalized spacial score (nSPS) is 14.5. The molecule has 1 heterocycles. The van der Waals surface area contributed by atoms with Crippen LogP contribution in [0.15, 0.2) is 41.0 Å². The topological polar surface area (TPSA) is 110 Å². The Morgan fingerprint density at radius 1 is 1.04 bits per heavy atom. The van der Waals surface area contributed by atoms with E-state index in [4.69, 9.17) is 10.2 Å². The van der Waals surface area contributed by atoms with E-state index in [1.807, 2.05) is 44.2 Å². The van der Waals surface area contributed by atoms with E-state index in [1.54, 1.807) is 20.1 Å². The highest BCUT2D eigenvalue weighted by Gasteiger charge is 2.27. The van der Waals surface area contributed by atoms with Crippen LogP contribution in [0.1, 0.15) is 39.6 Å². The molecular weight excluding hydrogens is 332 g/mol. The van der Waals surface area contributed by atoms with E-state index in [9.17, 15) is 9.59 Å². The Morgan fingerprint density at radius 2 is 1.69 bits per heavy atom. The molecule has 1 aromatic heterocycles. The van der Waals surface area contributed by atoms with Crippen molar-refractivity contribution in [2.75, 3.05) is 0 Å². The highest BCUT2D eigenvalue weighted by molar-refractivity contribution is 5.89. The summed E-state index contributed by atoms with van der Waals surface area (Å²) in [5, 5.41) is 5.51. The number of carbonyl (C=O) groups excluding carboxylic acids is 2. The van der Waals surface area contributed by atoms with Gasteiger partial charge >= 0.3 is 0 Å². The maximum atomic E-state index is 12.6. The second kappa shape index (κ2) is 8.62. The summed E-state index contributed by atoms with van der Waals surface area (Å²) in [6.07, 6.45) is 1.56. The van der Waals surface area contributed by atoms with Crippen LogP contribution in [0.4, 0.5) is 0 Å². The lowest BCUT2D eigenvalue weighted by Gasteiger charge is -2.24. The Hall–Kier alpha value is -2.67. The van der Waals surface area contributed by atoms with E-state index in [2.05, 4.69) is 15.6 Å². The lowest BCUT2D eigenvalue weighted by atomic mass is 10.0. The number of hydrogen-bond donors (Lipinski definition) is 3. The molecule has 4 N–H and O–H groups in total. The molecule has 0 aliphatic carbocycles. The number of amides is 2. The number of hydrogen-bond acceptors (Lipinski definition) is 5. The molecule has 140 valence electrons. The molecule has 26 heavy (non-hydrogen) atoms. The van der Waals surface area contributed by atoms with Crippen molar-refractivity contribution in [3.8, 4) is 11.3 Å². The van der Waals surface area contributed by atoms with Gasteiger partial charge in [0.25, 0.3) is 0 Å². The first-order chi connectivity index (χ1) is 12.3. The van der Waals surface area contributed by atoms with Gasteiger partial charge in [0.2, 0.25) is 17.7 Å². The van der Waals surface area contributed by atoms with E-state index in [-0.39, 0.29) is 17.7 Å². The third kappa shape index (κ3) is 4.92. The van der Waals surface area contributed by atoms with E-state index < -0.39 is 18.1 Å². The van der Waals surface area contributed by atoms with Crippen LogP contribution in [0.25, 0.3) is 11.3 Å². The SMILES string of the molecule is CC(C)[C@H](NC(=O)[C@H](C)N)C(=O)N[C@@H](C)c1nc(-c2ccccc2)co1. The number of rotatable bonds is 7. The third-order valence-electron chi connectivity index (χ3n) is 3.98. The van der Waals surface area contributed by atoms with Gasteiger partial charge in [0.1, 0.15) is 24.0 Å². The average molecular weight is 358 g/mol. The minimum absolute atomic E-state index is 0.0886. The highest BCUT2D eigenvalue weighted by Crippen LogP contribution is 2.21. The lowest BCUT2D eigenvalue weighted by Crippen LogP contribution is -2.53. The van der Waals surface area contributed by atoms with Gasteiger partial charge in [0.05, 0.1) is 6.04 Å². The Bertz CT molecular complexity index is 740. The molecule has 0 aliphatic rings. The zero-order chi connectivity index (χ0) is 19.3. The minimum Gasteiger partial charge on any atom is -0.446 e. The fourth-order valence-corrected chi connectivity index (χ4v) is 2.41. The molecule has 7 heteroatoms. The van der Waals surface area contributed by atoms with Gasteiger partial charge in [-0.15, -0.1) is 0 Å². The number of nitrogens with zero attached hydrogens (tertiary/aromatic N) is 1. The maximum Gasteiger partial charge on any atom is 0.243 e. The van der Waals surface area contributed by atoms with E-state index in [0.717, 1.165) is 5.56 Å². The molecule has 0 unspecified atom stereocenters. The molecule has 2 rings (SSSR count). The summed E-state index contributed by atoms with van der Waals surface area (Å²) in [5.41, 5.74) is 7.20. The van der Waals surface area contributed by atoms with Gasteiger partial charge < -0.3 is 20.8 Å². The standard InChI is InChI=1S/C19H26N4O3/c1-11(2)16(23-17(24)12(3)20)18(25)21-13(4)19-22-15(10-26-19)14-8-6-5-7-9-14/h5-13,16H,20H2,1-4H3,(H,21,25)(H,23,24)/t12-,13-,16-/m0/s1. The molecule has 3 atom stereocenters. The number of benzene rings is 1. The zero-order valence-electron chi connectivity index (χ0n) is 15.5. The van der Waals surface area contributed by atoms with E-state index >= 15 is 0 Å². The van der Waals surface area contributed by atoms with Crippen LogP contribution in [0.2, 0.25) is 0 Å². The first-order valence-corrected chi connectivity index (χ1v) is 8.66. The molecular formula is C19H26N4O3. The Morgan fingerprint density at radius 3 is 2.27 bits per heavy atom. The average Bonchev–Trinajstić information content (AvgIpc) is 3.09. The summed E-state index contributed by atoms with van der Waals surface area (Å²) < 4.78 is 5.51. The van der Waals surface area contributed by atoms with Crippen molar-refractivity contribution in [2.45, 2.75) is 45.8 Å². The summed E-state index contributed by atoms with van der Waals surface area (Å²) in [5.74, 6) is -0.359. The molecule has 7 nitrogen and oxygen atoms in total. The molecule has 0 bridgehead atoms. The fraction of sp³-hybridized carbons (Fsp3) is 0.421. The van der Waals surface area contributed by atoms with E-state index in [1.165, 1.54) is 0 Å². The molecule has 0 radical (unpaired) electrons.